The summed E-state index contributed by atoms with van der Waals surface area (Å²) in [5, 5.41) is 7.28. The van der Waals surface area contributed by atoms with E-state index in [1.54, 1.807) is 15.6 Å². The summed E-state index contributed by atoms with van der Waals surface area (Å²) in [6.45, 7) is 10.2. The van der Waals surface area contributed by atoms with Crippen LogP contribution in [0.4, 0.5) is 0 Å². The number of hydrogen-bond acceptors (Lipinski definition) is 4. The molecule has 0 spiro atoms. The predicted octanol–water partition coefficient (Wildman–Crippen LogP) is 2.61. The van der Waals surface area contributed by atoms with E-state index in [-0.39, 0.29) is 35.9 Å². The Morgan fingerprint density at radius 1 is 1.22 bits per heavy atom. The summed E-state index contributed by atoms with van der Waals surface area (Å²) in [5.74, 6) is -0.464. The number of hydrogen-bond donors (Lipinski definition) is 1. The van der Waals surface area contributed by atoms with Crippen molar-refractivity contribution in [2.75, 3.05) is 19.6 Å². The van der Waals surface area contributed by atoms with Crippen LogP contribution in [-0.4, -0.2) is 63.0 Å². The monoisotopic (exact) mass is 439 g/mol. The van der Waals surface area contributed by atoms with Crippen LogP contribution in [0.5, 0.6) is 0 Å². The molecule has 2 aromatic rings. The van der Waals surface area contributed by atoms with Crippen molar-refractivity contribution in [2.45, 2.75) is 59.7 Å². The molecule has 1 N–H and O–H groups in total. The van der Waals surface area contributed by atoms with Gasteiger partial charge in [0.2, 0.25) is 5.91 Å². The van der Waals surface area contributed by atoms with E-state index in [9.17, 15) is 14.4 Å². The Kier molecular flexibility index (Phi) is 7.66. The van der Waals surface area contributed by atoms with Crippen molar-refractivity contribution in [1.82, 2.24) is 24.9 Å². The largest absolute Gasteiger partial charge is 0.354 e. The average Bonchev–Trinajstić information content (AvgIpc) is 3.12. The first-order valence-electron chi connectivity index (χ1n) is 11.3. The molecule has 8 heteroatoms. The number of carbonyl (C=O) groups is 3. The van der Waals surface area contributed by atoms with Gasteiger partial charge in [0.05, 0.1) is 0 Å². The normalized spacial score (nSPS) is 13.7. The number of benzene rings is 1. The smallest absolute Gasteiger partial charge is 0.274 e. The first kappa shape index (κ1) is 23.5. The molecule has 1 aromatic heterocycles. The molecule has 3 rings (SSSR count). The number of nitrogens with zero attached hydrogens (tertiary/aromatic N) is 4. The lowest BCUT2D eigenvalue weighted by Gasteiger charge is -2.21. The maximum Gasteiger partial charge on any atom is 0.274 e. The Hall–Kier alpha value is -3.16. The minimum atomic E-state index is -0.260. The molecular formula is C24H33N5O3. The second kappa shape index (κ2) is 10.4. The lowest BCUT2D eigenvalue weighted by Crippen LogP contribution is -2.37. The molecule has 1 aliphatic rings. The second-order valence-corrected chi connectivity index (χ2v) is 8.50. The second-order valence-electron chi connectivity index (χ2n) is 8.50. The highest BCUT2D eigenvalue weighted by Gasteiger charge is 2.28. The third kappa shape index (κ3) is 5.55. The van der Waals surface area contributed by atoms with Crippen LogP contribution in [0.25, 0.3) is 0 Å². The first-order valence-corrected chi connectivity index (χ1v) is 11.3. The summed E-state index contributed by atoms with van der Waals surface area (Å²) in [6.07, 6.45) is 1.00. The minimum Gasteiger partial charge on any atom is -0.354 e. The zero-order valence-corrected chi connectivity index (χ0v) is 19.4. The van der Waals surface area contributed by atoms with Gasteiger partial charge in [0, 0.05) is 51.3 Å². The standard InChI is InChI=1S/C24H33N5O3/c1-5-27(14-11-22(30)25-17(2)3)23(31)20-15-21-24(32)28(12-8-13-29(21)26-20)16-19-10-7-6-9-18(19)4/h6-7,9-10,15,17H,5,8,11-14,16H2,1-4H3,(H,25,30). The quantitative estimate of drug-likeness (QED) is 0.685. The highest BCUT2D eigenvalue weighted by Crippen LogP contribution is 2.19. The molecule has 0 saturated heterocycles. The molecule has 0 saturated carbocycles. The molecule has 0 radical (unpaired) electrons. The molecule has 172 valence electrons. The van der Waals surface area contributed by atoms with Crippen LogP contribution in [0.2, 0.25) is 0 Å². The topological polar surface area (TPSA) is 87.5 Å². The van der Waals surface area contributed by atoms with Crippen LogP contribution in [0.3, 0.4) is 0 Å². The van der Waals surface area contributed by atoms with Crippen LogP contribution in [0, 0.1) is 6.92 Å². The summed E-state index contributed by atoms with van der Waals surface area (Å²) in [4.78, 5) is 41.6. The third-order valence-electron chi connectivity index (χ3n) is 5.65. The SMILES string of the molecule is CCN(CCC(=O)NC(C)C)C(=O)c1cc2n(n1)CCCN(Cc1ccccc1C)C2=O. The zero-order valence-electron chi connectivity index (χ0n) is 19.4. The molecule has 1 aromatic carbocycles. The van der Waals surface area contributed by atoms with Gasteiger partial charge >= 0.3 is 0 Å². The van der Waals surface area contributed by atoms with E-state index in [4.69, 9.17) is 0 Å². The van der Waals surface area contributed by atoms with Gasteiger partial charge < -0.3 is 15.1 Å². The molecular weight excluding hydrogens is 406 g/mol. The molecule has 0 atom stereocenters. The number of aromatic nitrogens is 2. The van der Waals surface area contributed by atoms with Crippen molar-refractivity contribution in [3.05, 3.63) is 52.8 Å². The van der Waals surface area contributed by atoms with E-state index >= 15 is 0 Å². The number of fused-ring (bicyclic) bond motifs is 1. The highest BCUT2D eigenvalue weighted by molar-refractivity contribution is 5.98. The number of rotatable bonds is 8. The average molecular weight is 440 g/mol. The summed E-state index contributed by atoms with van der Waals surface area (Å²) < 4.78 is 1.65. The van der Waals surface area contributed by atoms with Gasteiger partial charge in [-0.15, -0.1) is 0 Å². The van der Waals surface area contributed by atoms with Crippen molar-refractivity contribution in [1.29, 1.82) is 0 Å². The van der Waals surface area contributed by atoms with Gasteiger partial charge in [0.25, 0.3) is 11.8 Å². The third-order valence-corrected chi connectivity index (χ3v) is 5.65. The zero-order chi connectivity index (χ0) is 23.3. The Morgan fingerprint density at radius 2 is 1.97 bits per heavy atom. The van der Waals surface area contributed by atoms with E-state index < -0.39 is 0 Å². The molecule has 32 heavy (non-hydrogen) atoms. The Balaban J connectivity index is 1.73. The van der Waals surface area contributed by atoms with E-state index in [0.717, 1.165) is 17.5 Å². The lowest BCUT2D eigenvalue weighted by atomic mass is 10.1. The number of nitrogens with one attached hydrogen (secondary N) is 1. The van der Waals surface area contributed by atoms with Crippen molar-refractivity contribution in [2.24, 2.45) is 0 Å². The number of amides is 3. The summed E-state index contributed by atoms with van der Waals surface area (Å²) >= 11 is 0. The fourth-order valence-corrected chi connectivity index (χ4v) is 3.88. The van der Waals surface area contributed by atoms with Crippen molar-refractivity contribution in [3.63, 3.8) is 0 Å². The molecule has 0 bridgehead atoms. The van der Waals surface area contributed by atoms with Gasteiger partial charge in [-0.25, -0.2) is 0 Å². The molecule has 1 aliphatic heterocycles. The van der Waals surface area contributed by atoms with Crippen LogP contribution in [0.15, 0.2) is 30.3 Å². The molecule has 0 unspecified atom stereocenters. The lowest BCUT2D eigenvalue weighted by molar-refractivity contribution is -0.121. The first-order chi connectivity index (χ1) is 15.3. The summed E-state index contributed by atoms with van der Waals surface area (Å²) in [6, 6.07) is 9.70. The number of carbonyl (C=O) groups excluding carboxylic acids is 3. The molecule has 3 amide bonds. The van der Waals surface area contributed by atoms with Crippen LogP contribution < -0.4 is 5.32 Å². The van der Waals surface area contributed by atoms with Crippen molar-refractivity contribution >= 4 is 17.7 Å². The molecule has 0 fully saturated rings. The van der Waals surface area contributed by atoms with Crippen LogP contribution >= 0.6 is 0 Å². The van der Waals surface area contributed by atoms with E-state index in [2.05, 4.69) is 10.4 Å². The van der Waals surface area contributed by atoms with Gasteiger partial charge in [0.1, 0.15) is 5.69 Å². The molecule has 0 aliphatic carbocycles. The van der Waals surface area contributed by atoms with Gasteiger partial charge in [-0.2, -0.15) is 5.10 Å². The maximum atomic E-state index is 13.2. The van der Waals surface area contributed by atoms with Crippen LogP contribution in [0.1, 0.15) is 65.7 Å². The fourth-order valence-electron chi connectivity index (χ4n) is 3.88. The van der Waals surface area contributed by atoms with E-state index in [0.29, 0.717) is 38.4 Å². The maximum absolute atomic E-state index is 13.2. The van der Waals surface area contributed by atoms with Gasteiger partial charge in [0.15, 0.2) is 5.69 Å². The number of aryl methyl sites for hydroxylation is 2. The van der Waals surface area contributed by atoms with Gasteiger partial charge in [-0.05, 0) is 45.2 Å². The summed E-state index contributed by atoms with van der Waals surface area (Å²) in [5.41, 5.74) is 2.95. The minimum absolute atomic E-state index is 0.0608. The van der Waals surface area contributed by atoms with Crippen molar-refractivity contribution in [3.8, 4) is 0 Å². The Morgan fingerprint density at radius 3 is 2.66 bits per heavy atom. The van der Waals surface area contributed by atoms with Gasteiger partial charge in [-0.1, -0.05) is 24.3 Å². The van der Waals surface area contributed by atoms with E-state index in [1.807, 2.05) is 56.9 Å². The molecule has 2 heterocycles. The van der Waals surface area contributed by atoms with Gasteiger partial charge in [-0.3, -0.25) is 19.1 Å². The fraction of sp³-hybridized carbons (Fsp3) is 0.500. The highest BCUT2D eigenvalue weighted by atomic mass is 16.2. The Bertz CT molecular complexity index is 982. The Labute approximate surface area is 189 Å². The van der Waals surface area contributed by atoms with Crippen LogP contribution in [-0.2, 0) is 17.9 Å². The summed E-state index contributed by atoms with van der Waals surface area (Å²) in [7, 11) is 0. The van der Waals surface area contributed by atoms with E-state index in [1.165, 1.54) is 0 Å². The molecule has 8 nitrogen and oxygen atoms in total. The van der Waals surface area contributed by atoms with Crippen molar-refractivity contribution < 1.29 is 14.4 Å². The predicted molar refractivity (Wildman–Crippen MR) is 122 cm³/mol.